The maximum atomic E-state index is 5.91. The Balaban J connectivity index is 3.04. The molecule has 1 rings (SSSR count). The van der Waals surface area contributed by atoms with E-state index >= 15 is 0 Å². The lowest BCUT2D eigenvalue weighted by Crippen LogP contribution is -2.09. The quantitative estimate of drug-likeness (QED) is 0.885. The smallest absolute Gasteiger partial charge is 0.0303 e. The summed E-state index contributed by atoms with van der Waals surface area (Å²) in [6.07, 6.45) is 0.953. The lowest BCUT2D eigenvalue weighted by atomic mass is 10.1. The highest BCUT2D eigenvalue weighted by atomic mass is 79.9. The molecule has 1 nitrogen and oxygen atoms in total. The Bertz CT molecular complexity index is 273. The number of halogens is 2. The van der Waals surface area contributed by atoms with Crippen LogP contribution >= 0.6 is 31.9 Å². The van der Waals surface area contributed by atoms with Crippen LogP contribution in [-0.2, 0) is 0 Å². The van der Waals surface area contributed by atoms with Gasteiger partial charge in [0.25, 0.3) is 0 Å². The molecule has 0 heterocycles. The maximum absolute atomic E-state index is 5.91. The zero-order valence-electron chi connectivity index (χ0n) is 6.85. The van der Waals surface area contributed by atoms with Crippen molar-refractivity contribution in [2.45, 2.75) is 19.4 Å². The first-order valence-corrected chi connectivity index (χ1v) is 5.44. The van der Waals surface area contributed by atoms with Crippen molar-refractivity contribution in [3.63, 3.8) is 0 Å². The minimum atomic E-state index is 0.122. The topological polar surface area (TPSA) is 26.0 Å². The van der Waals surface area contributed by atoms with Gasteiger partial charge < -0.3 is 5.73 Å². The fourth-order valence-corrected chi connectivity index (χ4v) is 1.94. The van der Waals surface area contributed by atoms with E-state index in [0.29, 0.717) is 0 Å². The van der Waals surface area contributed by atoms with E-state index in [9.17, 15) is 0 Å². The second-order valence-corrected chi connectivity index (χ2v) is 4.45. The Morgan fingerprint density at radius 2 is 2.08 bits per heavy atom. The fraction of sp³-hybridized carbons (Fsp3) is 0.333. The van der Waals surface area contributed by atoms with Gasteiger partial charge in [0.1, 0.15) is 0 Å². The monoisotopic (exact) mass is 291 g/mol. The first-order valence-electron chi connectivity index (χ1n) is 3.85. The molecule has 0 amide bonds. The van der Waals surface area contributed by atoms with Crippen molar-refractivity contribution in [1.29, 1.82) is 0 Å². The van der Waals surface area contributed by atoms with E-state index in [2.05, 4.69) is 44.8 Å². The first kappa shape index (κ1) is 10.2. The molecule has 0 saturated heterocycles. The summed E-state index contributed by atoms with van der Waals surface area (Å²) in [5.74, 6) is 0. The van der Waals surface area contributed by atoms with Gasteiger partial charge in [0.2, 0.25) is 0 Å². The van der Waals surface area contributed by atoms with Crippen LogP contribution in [0.3, 0.4) is 0 Å². The second-order valence-electron chi connectivity index (χ2n) is 2.68. The summed E-state index contributed by atoms with van der Waals surface area (Å²) >= 11 is 6.89. The summed E-state index contributed by atoms with van der Waals surface area (Å²) in [4.78, 5) is 0. The van der Waals surface area contributed by atoms with Crippen molar-refractivity contribution in [2.24, 2.45) is 5.73 Å². The zero-order chi connectivity index (χ0) is 9.14. The number of hydrogen-bond donors (Lipinski definition) is 1. The van der Waals surface area contributed by atoms with E-state index < -0.39 is 0 Å². The first-order chi connectivity index (χ1) is 5.65. The molecule has 3 heteroatoms. The van der Waals surface area contributed by atoms with Gasteiger partial charge in [0.15, 0.2) is 0 Å². The molecule has 1 aromatic rings. The minimum Gasteiger partial charge on any atom is -0.324 e. The van der Waals surface area contributed by atoms with Crippen molar-refractivity contribution < 1.29 is 0 Å². The average molecular weight is 293 g/mol. The number of rotatable bonds is 2. The summed E-state index contributed by atoms with van der Waals surface area (Å²) in [5, 5.41) is 0. The molecule has 0 saturated carbocycles. The van der Waals surface area contributed by atoms with Gasteiger partial charge in [-0.2, -0.15) is 0 Å². The lowest BCUT2D eigenvalue weighted by Gasteiger charge is -2.11. The lowest BCUT2D eigenvalue weighted by molar-refractivity contribution is 0.695. The second kappa shape index (κ2) is 4.40. The van der Waals surface area contributed by atoms with Crippen LogP contribution in [0.4, 0.5) is 0 Å². The summed E-state index contributed by atoms with van der Waals surface area (Å²) in [6.45, 7) is 2.08. The molecule has 0 aliphatic carbocycles. The molecule has 0 fully saturated rings. The highest BCUT2D eigenvalue weighted by Gasteiger charge is 2.07. The molecule has 0 aliphatic rings. The molecule has 0 radical (unpaired) electrons. The van der Waals surface area contributed by atoms with E-state index in [1.807, 2.05) is 12.1 Å². The normalized spacial score (nSPS) is 13.0. The Kier molecular flexibility index (Phi) is 3.75. The largest absolute Gasteiger partial charge is 0.324 e. The van der Waals surface area contributed by atoms with E-state index in [0.717, 1.165) is 20.9 Å². The van der Waals surface area contributed by atoms with E-state index in [1.54, 1.807) is 0 Å². The van der Waals surface area contributed by atoms with Crippen LogP contribution in [0.1, 0.15) is 24.9 Å². The Hall–Kier alpha value is 0.140. The number of hydrogen-bond acceptors (Lipinski definition) is 1. The average Bonchev–Trinajstić information content (AvgIpc) is 2.08. The molecule has 12 heavy (non-hydrogen) atoms. The van der Waals surface area contributed by atoms with Gasteiger partial charge in [-0.25, -0.2) is 0 Å². The molecular weight excluding hydrogens is 282 g/mol. The maximum Gasteiger partial charge on any atom is 0.0303 e. The van der Waals surface area contributed by atoms with Crippen molar-refractivity contribution in [3.8, 4) is 0 Å². The molecule has 66 valence electrons. The van der Waals surface area contributed by atoms with E-state index in [1.165, 1.54) is 0 Å². The molecule has 0 spiro atoms. The van der Waals surface area contributed by atoms with Gasteiger partial charge in [-0.05, 0) is 30.2 Å². The highest BCUT2D eigenvalue weighted by Crippen LogP contribution is 2.26. The van der Waals surface area contributed by atoms with Gasteiger partial charge in [-0.1, -0.05) is 38.8 Å². The van der Waals surface area contributed by atoms with Crippen molar-refractivity contribution >= 4 is 31.9 Å². The predicted molar refractivity (Wildman–Crippen MR) is 59.1 cm³/mol. The molecule has 1 atom stereocenters. The molecule has 0 aromatic heterocycles. The van der Waals surface area contributed by atoms with Gasteiger partial charge in [0.05, 0.1) is 0 Å². The third kappa shape index (κ3) is 2.31. The summed E-state index contributed by atoms with van der Waals surface area (Å²) in [7, 11) is 0. The van der Waals surface area contributed by atoms with Crippen LogP contribution in [0.2, 0.25) is 0 Å². The van der Waals surface area contributed by atoms with Gasteiger partial charge in [-0.15, -0.1) is 0 Å². The Labute approximate surface area is 89.6 Å². The zero-order valence-corrected chi connectivity index (χ0v) is 10.0. The van der Waals surface area contributed by atoms with Crippen LogP contribution in [0.15, 0.2) is 27.1 Å². The fourth-order valence-electron chi connectivity index (χ4n) is 1.02. The van der Waals surface area contributed by atoms with Crippen LogP contribution in [0.5, 0.6) is 0 Å². The van der Waals surface area contributed by atoms with Crippen molar-refractivity contribution in [2.75, 3.05) is 0 Å². The summed E-state index contributed by atoms with van der Waals surface area (Å²) in [5.41, 5.74) is 7.07. The molecule has 1 unspecified atom stereocenters. The minimum absolute atomic E-state index is 0.122. The van der Waals surface area contributed by atoms with E-state index in [-0.39, 0.29) is 6.04 Å². The molecular formula is C9H11Br2N. The van der Waals surface area contributed by atoms with Crippen molar-refractivity contribution in [1.82, 2.24) is 0 Å². The third-order valence-corrected chi connectivity index (χ3v) is 3.01. The Morgan fingerprint density at radius 1 is 1.42 bits per heavy atom. The van der Waals surface area contributed by atoms with Crippen LogP contribution in [0.25, 0.3) is 0 Å². The standard InChI is InChI=1S/C9H11Br2N/c1-2-9(12)7-5-6(10)3-4-8(7)11/h3-5,9H,2,12H2,1H3. The molecule has 1 aromatic carbocycles. The van der Waals surface area contributed by atoms with Crippen molar-refractivity contribution in [3.05, 3.63) is 32.7 Å². The van der Waals surface area contributed by atoms with Crippen LogP contribution in [0, 0.1) is 0 Å². The molecule has 0 aliphatic heterocycles. The number of nitrogens with two attached hydrogens (primary N) is 1. The Morgan fingerprint density at radius 3 is 2.67 bits per heavy atom. The van der Waals surface area contributed by atoms with Gasteiger partial charge in [-0.3, -0.25) is 0 Å². The van der Waals surface area contributed by atoms with Crippen LogP contribution in [-0.4, -0.2) is 0 Å². The summed E-state index contributed by atoms with van der Waals surface area (Å²) in [6, 6.07) is 6.18. The van der Waals surface area contributed by atoms with Gasteiger partial charge >= 0.3 is 0 Å². The van der Waals surface area contributed by atoms with E-state index in [4.69, 9.17) is 5.73 Å². The summed E-state index contributed by atoms with van der Waals surface area (Å²) < 4.78 is 2.16. The predicted octanol–water partition coefficient (Wildman–Crippen LogP) is 3.62. The SMILES string of the molecule is CCC(N)c1cc(Br)ccc1Br. The molecule has 0 bridgehead atoms. The highest BCUT2D eigenvalue weighted by molar-refractivity contribution is 9.11. The molecule has 2 N–H and O–H groups in total. The number of benzene rings is 1. The van der Waals surface area contributed by atoms with Gasteiger partial charge in [0, 0.05) is 15.0 Å². The third-order valence-electron chi connectivity index (χ3n) is 1.80. The van der Waals surface area contributed by atoms with Crippen LogP contribution < -0.4 is 5.73 Å².